The van der Waals surface area contributed by atoms with E-state index < -0.39 is 0 Å². The fraction of sp³-hybridized carbons (Fsp3) is 0.875. The number of likely N-dealkylation sites (N-methyl/N-ethyl adjacent to an activating group) is 1. The number of esters is 1. The molecular weight excluding hydrogens is 142 g/mol. The first-order chi connectivity index (χ1) is 5.13. The summed E-state index contributed by atoms with van der Waals surface area (Å²) in [5.74, 6) is -0.166. The maximum absolute atomic E-state index is 11.0. The normalized spacial score (nSPS) is 13.2. The molecule has 0 saturated heterocycles. The number of hydrogen-bond acceptors (Lipinski definition) is 3. The lowest BCUT2D eigenvalue weighted by Gasteiger charge is -2.21. The SMILES string of the molecule is CCCN(C)[C@@H](C)C(=O)OC. The van der Waals surface area contributed by atoms with Crippen LogP contribution in [-0.2, 0) is 9.53 Å². The molecule has 3 nitrogen and oxygen atoms in total. The molecule has 0 heterocycles. The van der Waals surface area contributed by atoms with Gasteiger partial charge in [-0.2, -0.15) is 0 Å². The number of ether oxygens (including phenoxy) is 1. The van der Waals surface area contributed by atoms with Crippen LogP contribution in [0, 0.1) is 0 Å². The highest BCUT2D eigenvalue weighted by molar-refractivity contribution is 5.75. The van der Waals surface area contributed by atoms with E-state index in [4.69, 9.17) is 0 Å². The summed E-state index contributed by atoms with van der Waals surface area (Å²) in [4.78, 5) is 12.9. The second-order valence-electron chi connectivity index (χ2n) is 2.68. The van der Waals surface area contributed by atoms with Crippen LogP contribution in [-0.4, -0.2) is 37.6 Å². The van der Waals surface area contributed by atoms with Crippen LogP contribution >= 0.6 is 0 Å². The zero-order valence-corrected chi connectivity index (χ0v) is 7.76. The lowest BCUT2D eigenvalue weighted by atomic mass is 10.3. The second kappa shape index (κ2) is 5.13. The monoisotopic (exact) mass is 159 g/mol. The van der Waals surface area contributed by atoms with Gasteiger partial charge >= 0.3 is 5.97 Å². The number of nitrogens with zero attached hydrogens (tertiary/aromatic N) is 1. The molecule has 0 radical (unpaired) electrons. The third kappa shape index (κ3) is 3.37. The Morgan fingerprint density at radius 3 is 2.55 bits per heavy atom. The maximum atomic E-state index is 11.0. The lowest BCUT2D eigenvalue weighted by molar-refractivity contribution is -0.145. The number of methoxy groups -OCH3 is 1. The number of carbonyl (C=O) groups is 1. The largest absolute Gasteiger partial charge is 0.468 e. The standard InChI is InChI=1S/C8H17NO2/c1-5-6-9(3)7(2)8(10)11-4/h7H,5-6H2,1-4H3/t7-/m0/s1. The van der Waals surface area contributed by atoms with Crippen LogP contribution in [0.2, 0.25) is 0 Å². The predicted octanol–water partition coefficient (Wildman–Crippen LogP) is 0.890. The highest BCUT2D eigenvalue weighted by atomic mass is 16.5. The van der Waals surface area contributed by atoms with E-state index in [1.165, 1.54) is 7.11 Å². The van der Waals surface area contributed by atoms with Gasteiger partial charge in [0.05, 0.1) is 7.11 Å². The van der Waals surface area contributed by atoms with Gasteiger partial charge < -0.3 is 4.74 Å². The van der Waals surface area contributed by atoms with Crippen molar-refractivity contribution in [1.82, 2.24) is 4.90 Å². The van der Waals surface area contributed by atoms with E-state index in [1.807, 2.05) is 18.9 Å². The van der Waals surface area contributed by atoms with E-state index in [-0.39, 0.29) is 12.0 Å². The lowest BCUT2D eigenvalue weighted by Crippen LogP contribution is -2.37. The molecule has 0 aliphatic carbocycles. The van der Waals surface area contributed by atoms with Crippen LogP contribution in [0.5, 0.6) is 0 Å². The molecule has 0 amide bonds. The van der Waals surface area contributed by atoms with Gasteiger partial charge in [-0.05, 0) is 26.9 Å². The number of hydrogen-bond donors (Lipinski definition) is 0. The molecule has 0 rings (SSSR count). The van der Waals surface area contributed by atoms with E-state index in [2.05, 4.69) is 11.7 Å². The van der Waals surface area contributed by atoms with Gasteiger partial charge in [-0.3, -0.25) is 9.69 Å². The van der Waals surface area contributed by atoms with Crippen molar-refractivity contribution in [3.8, 4) is 0 Å². The first-order valence-corrected chi connectivity index (χ1v) is 3.91. The molecule has 0 N–H and O–H groups in total. The summed E-state index contributed by atoms with van der Waals surface area (Å²) in [6, 6.07) is -0.125. The molecule has 0 aromatic rings. The van der Waals surface area contributed by atoms with Gasteiger partial charge in [0, 0.05) is 0 Å². The molecule has 3 heteroatoms. The molecule has 0 aromatic carbocycles. The fourth-order valence-electron chi connectivity index (χ4n) is 0.897. The van der Waals surface area contributed by atoms with Gasteiger partial charge in [0.25, 0.3) is 0 Å². The third-order valence-electron chi connectivity index (χ3n) is 1.78. The number of rotatable bonds is 4. The van der Waals surface area contributed by atoms with Crippen molar-refractivity contribution in [1.29, 1.82) is 0 Å². The molecule has 0 saturated carbocycles. The first-order valence-electron chi connectivity index (χ1n) is 3.91. The summed E-state index contributed by atoms with van der Waals surface area (Å²) < 4.78 is 4.60. The van der Waals surface area contributed by atoms with Gasteiger partial charge in [0.15, 0.2) is 0 Å². The van der Waals surface area contributed by atoms with Crippen LogP contribution in [0.1, 0.15) is 20.3 Å². The Bertz CT molecular complexity index is 125. The van der Waals surface area contributed by atoms with Crippen molar-refractivity contribution in [3.63, 3.8) is 0 Å². The minimum Gasteiger partial charge on any atom is -0.468 e. The minimum absolute atomic E-state index is 0.125. The molecule has 0 bridgehead atoms. The van der Waals surface area contributed by atoms with Gasteiger partial charge in [0.1, 0.15) is 6.04 Å². The predicted molar refractivity (Wildman–Crippen MR) is 44.4 cm³/mol. The molecule has 0 spiro atoms. The molecule has 11 heavy (non-hydrogen) atoms. The summed E-state index contributed by atoms with van der Waals surface area (Å²) >= 11 is 0. The van der Waals surface area contributed by atoms with E-state index in [0.29, 0.717) is 0 Å². The van der Waals surface area contributed by atoms with Crippen LogP contribution in [0.25, 0.3) is 0 Å². The topological polar surface area (TPSA) is 29.5 Å². The zero-order chi connectivity index (χ0) is 8.85. The summed E-state index contributed by atoms with van der Waals surface area (Å²) in [5.41, 5.74) is 0. The zero-order valence-electron chi connectivity index (χ0n) is 7.76. The van der Waals surface area contributed by atoms with Gasteiger partial charge in [-0.15, -0.1) is 0 Å². The Labute approximate surface area is 68.3 Å². The summed E-state index contributed by atoms with van der Waals surface area (Å²) in [6.45, 7) is 4.86. The Kier molecular flexibility index (Phi) is 4.86. The van der Waals surface area contributed by atoms with Crippen molar-refractivity contribution in [2.75, 3.05) is 20.7 Å². The van der Waals surface area contributed by atoms with Gasteiger partial charge in [-0.25, -0.2) is 0 Å². The summed E-state index contributed by atoms with van der Waals surface area (Å²) in [5, 5.41) is 0. The maximum Gasteiger partial charge on any atom is 0.322 e. The van der Waals surface area contributed by atoms with E-state index in [9.17, 15) is 4.79 Å². The minimum atomic E-state index is -0.166. The Morgan fingerprint density at radius 2 is 2.18 bits per heavy atom. The summed E-state index contributed by atoms with van der Waals surface area (Å²) in [7, 11) is 3.34. The summed E-state index contributed by atoms with van der Waals surface area (Å²) in [6.07, 6.45) is 1.05. The van der Waals surface area contributed by atoms with Crippen molar-refractivity contribution >= 4 is 5.97 Å². The van der Waals surface area contributed by atoms with Crippen molar-refractivity contribution in [2.24, 2.45) is 0 Å². The molecule has 1 atom stereocenters. The number of carbonyl (C=O) groups excluding carboxylic acids is 1. The third-order valence-corrected chi connectivity index (χ3v) is 1.78. The van der Waals surface area contributed by atoms with Gasteiger partial charge in [-0.1, -0.05) is 6.92 Å². The quantitative estimate of drug-likeness (QED) is 0.570. The van der Waals surface area contributed by atoms with Crippen LogP contribution in [0.3, 0.4) is 0 Å². The molecule has 0 aliphatic rings. The highest BCUT2D eigenvalue weighted by Crippen LogP contribution is 1.98. The molecular formula is C8H17NO2. The Morgan fingerprint density at radius 1 is 1.64 bits per heavy atom. The van der Waals surface area contributed by atoms with Crippen LogP contribution in [0.4, 0.5) is 0 Å². The molecule has 0 unspecified atom stereocenters. The Hall–Kier alpha value is -0.570. The molecule has 0 aromatic heterocycles. The Balaban J connectivity index is 3.80. The first kappa shape index (κ1) is 10.4. The van der Waals surface area contributed by atoms with Crippen molar-refractivity contribution < 1.29 is 9.53 Å². The highest BCUT2D eigenvalue weighted by Gasteiger charge is 2.16. The van der Waals surface area contributed by atoms with Gasteiger partial charge in [0.2, 0.25) is 0 Å². The second-order valence-corrected chi connectivity index (χ2v) is 2.68. The average Bonchev–Trinajstić information content (AvgIpc) is 2.02. The van der Waals surface area contributed by atoms with Crippen molar-refractivity contribution in [3.05, 3.63) is 0 Å². The fourth-order valence-corrected chi connectivity index (χ4v) is 0.897. The average molecular weight is 159 g/mol. The molecule has 0 aliphatic heterocycles. The van der Waals surface area contributed by atoms with Crippen LogP contribution in [0.15, 0.2) is 0 Å². The smallest absolute Gasteiger partial charge is 0.322 e. The van der Waals surface area contributed by atoms with Crippen molar-refractivity contribution in [2.45, 2.75) is 26.3 Å². The van der Waals surface area contributed by atoms with Crippen LogP contribution < -0.4 is 0 Å². The van der Waals surface area contributed by atoms with E-state index in [0.717, 1.165) is 13.0 Å². The van der Waals surface area contributed by atoms with E-state index >= 15 is 0 Å². The molecule has 0 fully saturated rings. The molecule has 66 valence electrons. The van der Waals surface area contributed by atoms with E-state index in [1.54, 1.807) is 0 Å².